The predicted octanol–water partition coefficient (Wildman–Crippen LogP) is 2.57. The molecule has 1 fully saturated rings. The van der Waals surface area contributed by atoms with Crippen molar-refractivity contribution in [2.24, 2.45) is 0 Å². The van der Waals surface area contributed by atoms with Crippen LogP contribution < -0.4 is 0 Å². The number of likely N-dealkylation sites (tertiary alicyclic amines) is 1. The van der Waals surface area contributed by atoms with E-state index < -0.39 is 5.97 Å². The van der Waals surface area contributed by atoms with E-state index in [9.17, 15) is 9.59 Å². The van der Waals surface area contributed by atoms with Crippen LogP contribution in [0.2, 0.25) is 0 Å². The van der Waals surface area contributed by atoms with Crippen LogP contribution in [0.5, 0.6) is 0 Å². The zero-order valence-electron chi connectivity index (χ0n) is 11.7. The Morgan fingerprint density at radius 2 is 2.30 bits per heavy atom. The third-order valence-corrected chi connectivity index (χ3v) is 4.61. The molecule has 1 aromatic heterocycles. The highest BCUT2D eigenvalue weighted by Gasteiger charge is 2.29. The van der Waals surface area contributed by atoms with Gasteiger partial charge in [-0.05, 0) is 32.1 Å². The quantitative estimate of drug-likeness (QED) is 0.906. The summed E-state index contributed by atoms with van der Waals surface area (Å²) in [5, 5.41) is 8.82. The lowest BCUT2D eigenvalue weighted by Gasteiger charge is -2.35. The van der Waals surface area contributed by atoms with Gasteiger partial charge in [0.15, 0.2) is 0 Å². The number of nitrogens with zero attached hydrogens (tertiary/aromatic N) is 2. The fraction of sp³-hybridized carbons (Fsp3) is 0.643. The average molecular weight is 296 g/mol. The molecule has 0 aliphatic carbocycles. The van der Waals surface area contributed by atoms with Crippen molar-refractivity contribution in [1.82, 2.24) is 9.88 Å². The normalized spacial score (nSPS) is 19.1. The Bertz CT molecular complexity index is 487. The maximum atomic E-state index is 12.6. The Morgan fingerprint density at radius 3 is 3.00 bits per heavy atom. The molecule has 1 N–H and O–H groups in total. The fourth-order valence-electron chi connectivity index (χ4n) is 2.68. The van der Waals surface area contributed by atoms with Crippen molar-refractivity contribution in [2.45, 2.75) is 51.5 Å². The van der Waals surface area contributed by atoms with E-state index in [0.29, 0.717) is 6.42 Å². The van der Waals surface area contributed by atoms with Crippen molar-refractivity contribution in [3.05, 3.63) is 16.1 Å². The van der Waals surface area contributed by atoms with E-state index >= 15 is 0 Å². The van der Waals surface area contributed by atoms with E-state index in [1.807, 2.05) is 11.8 Å². The van der Waals surface area contributed by atoms with Crippen LogP contribution in [0.1, 0.15) is 54.4 Å². The van der Waals surface area contributed by atoms with Gasteiger partial charge >= 0.3 is 5.97 Å². The van der Waals surface area contributed by atoms with Crippen molar-refractivity contribution in [3.63, 3.8) is 0 Å². The van der Waals surface area contributed by atoms with Crippen molar-refractivity contribution in [2.75, 3.05) is 6.54 Å². The Balaban J connectivity index is 2.11. The highest BCUT2D eigenvalue weighted by atomic mass is 32.1. The smallest absolute Gasteiger partial charge is 0.303 e. The van der Waals surface area contributed by atoms with Crippen molar-refractivity contribution in [1.29, 1.82) is 0 Å². The number of aliphatic carboxylic acids is 1. The second kappa shape index (κ2) is 6.83. The van der Waals surface area contributed by atoms with Crippen molar-refractivity contribution in [3.8, 4) is 0 Å². The minimum Gasteiger partial charge on any atom is -0.481 e. The van der Waals surface area contributed by atoms with E-state index in [4.69, 9.17) is 5.11 Å². The SMILES string of the molecule is CCc1ncsc1C(=O)N1CCCCC1CCC(=O)O. The van der Waals surface area contributed by atoms with Crippen LogP contribution in [0.4, 0.5) is 0 Å². The first-order valence-electron chi connectivity index (χ1n) is 7.08. The largest absolute Gasteiger partial charge is 0.481 e. The molecule has 0 aromatic carbocycles. The summed E-state index contributed by atoms with van der Waals surface area (Å²) in [5.41, 5.74) is 2.56. The zero-order valence-corrected chi connectivity index (χ0v) is 12.5. The second-order valence-corrected chi connectivity index (χ2v) is 5.92. The summed E-state index contributed by atoms with van der Waals surface area (Å²) in [7, 11) is 0. The second-order valence-electron chi connectivity index (χ2n) is 5.06. The number of hydrogen-bond donors (Lipinski definition) is 1. The van der Waals surface area contributed by atoms with Crippen LogP contribution in [0.3, 0.4) is 0 Å². The van der Waals surface area contributed by atoms with Gasteiger partial charge in [0.2, 0.25) is 0 Å². The van der Waals surface area contributed by atoms with Crippen molar-refractivity contribution < 1.29 is 14.7 Å². The number of aromatic nitrogens is 1. The molecular formula is C14H20N2O3S. The van der Waals surface area contributed by atoms with Gasteiger partial charge in [-0.3, -0.25) is 9.59 Å². The molecule has 2 heterocycles. The van der Waals surface area contributed by atoms with E-state index in [-0.39, 0.29) is 18.4 Å². The highest BCUT2D eigenvalue weighted by Crippen LogP contribution is 2.25. The Kier molecular flexibility index (Phi) is 5.11. The van der Waals surface area contributed by atoms with E-state index in [2.05, 4.69) is 4.98 Å². The molecule has 1 unspecified atom stereocenters. The number of thiazole rings is 1. The molecule has 0 spiro atoms. The summed E-state index contributed by atoms with van der Waals surface area (Å²) in [6.45, 7) is 2.72. The molecule has 1 amide bonds. The van der Waals surface area contributed by atoms with Crippen LogP contribution in [-0.2, 0) is 11.2 Å². The molecule has 1 aliphatic heterocycles. The molecule has 0 bridgehead atoms. The van der Waals surface area contributed by atoms with E-state index in [1.54, 1.807) is 5.51 Å². The first kappa shape index (κ1) is 15.0. The molecule has 1 saturated heterocycles. The first-order valence-corrected chi connectivity index (χ1v) is 7.96. The van der Waals surface area contributed by atoms with Gasteiger partial charge in [0.05, 0.1) is 11.2 Å². The highest BCUT2D eigenvalue weighted by molar-refractivity contribution is 7.11. The number of carboxylic acid groups (broad SMARTS) is 1. The van der Waals surface area contributed by atoms with Gasteiger partial charge in [0.25, 0.3) is 5.91 Å². The molecule has 5 nitrogen and oxygen atoms in total. The molecule has 0 radical (unpaired) electrons. The number of carbonyl (C=O) groups excluding carboxylic acids is 1. The Hall–Kier alpha value is -1.43. The van der Waals surface area contributed by atoms with Gasteiger partial charge in [0, 0.05) is 19.0 Å². The summed E-state index contributed by atoms with van der Waals surface area (Å²) in [5.74, 6) is -0.769. The summed E-state index contributed by atoms with van der Waals surface area (Å²) < 4.78 is 0. The first-order chi connectivity index (χ1) is 9.63. The Morgan fingerprint density at radius 1 is 1.50 bits per heavy atom. The van der Waals surface area contributed by atoms with Gasteiger partial charge in [-0.1, -0.05) is 6.92 Å². The van der Waals surface area contributed by atoms with Crippen LogP contribution in [0.25, 0.3) is 0 Å². The molecular weight excluding hydrogens is 276 g/mol. The molecule has 20 heavy (non-hydrogen) atoms. The third-order valence-electron chi connectivity index (χ3n) is 3.75. The van der Waals surface area contributed by atoms with Gasteiger partial charge in [-0.25, -0.2) is 4.98 Å². The lowest BCUT2D eigenvalue weighted by Crippen LogP contribution is -2.44. The summed E-state index contributed by atoms with van der Waals surface area (Å²) >= 11 is 1.38. The predicted molar refractivity (Wildman–Crippen MR) is 77.0 cm³/mol. The maximum Gasteiger partial charge on any atom is 0.303 e. The van der Waals surface area contributed by atoms with Gasteiger partial charge < -0.3 is 10.0 Å². The number of rotatable bonds is 5. The lowest BCUT2D eigenvalue weighted by molar-refractivity contribution is -0.137. The number of aryl methyl sites for hydroxylation is 1. The maximum absolute atomic E-state index is 12.6. The molecule has 1 aromatic rings. The summed E-state index contributed by atoms with van der Waals surface area (Å²) in [4.78, 5) is 30.2. The van der Waals surface area contributed by atoms with Crippen LogP contribution in [0, 0.1) is 0 Å². The topological polar surface area (TPSA) is 70.5 Å². The average Bonchev–Trinajstić information content (AvgIpc) is 2.93. The fourth-order valence-corrected chi connectivity index (χ4v) is 3.52. The third kappa shape index (κ3) is 3.36. The zero-order chi connectivity index (χ0) is 14.5. The number of carboxylic acids is 1. The molecule has 2 rings (SSSR count). The van der Waals surface area contributed by atoms with Gasteiger partial charge in [0.1, 0.15) is 4.88 Å². The standard InChI is InChI=1S/C14H20N2O3S/c1-2-11-13(20-9-15-11)14(19)16-8-4-3-5-10(16)6-7-12(17)18/h9-10H,2-8H2,1H3,(H,17,18). The summed E-state index contributed by atoms with van der Waals surface area (Å²) in [6, 6.07) is 0.0548. The molecule has 0 saturated carbocycles. The molecule has 110 valence electrons. The summed E-state index contributed by atoms with van der Waals surface area (Å²) in [6.07, 6.45) is 4.38. The van der Waals surface area contributed by atoms with E-state index in [0.717, 1.165) is 42.8 Å². The molecule has 1 atom stereocenters. The van der Waals surface area contributed by atoms with Gasteiger partial charge in [-0.15, -0.1) is 11.3 Å². The van der Waals surface area contributed by atoms with E-state index in [1.165, 1.54) is 11.3 Å². The minimum atomic E-state index is -0.796. The minimum absolute atomic E-state index is 0.0273. The van der Waals surface area contributed by atoms with Crippen LogP contribution in [-0.4, -0.2) is 39.5 Å². The number of hydrogen-bond acceptors (Lipinski definition) is 4. The van der Waals surface area contributed by atoms with Gasteiger partial charge in [-0.2, -0.15) is 0 Å². The number of amides is 1. The monoisotopic (exact) mass is 296 g/mol. The van der Waals surface area contributed by atoms with Crippen LogP contribution in [0.15, 0.2) is 5.51 Å². The van der Waals surface area contributed by atoms with Crippen LogP contribution >= 0.6 is 11.3 Å². The molecule has 1 aliphatic rings. The number of piperidine rings is 1. The van der Waals surface area contributed by atoms with Crippen molar-refractivity contribution >= 4 is 23.2 Å². The lowest BCUT2D eigenvalue weighted by atomic mass is 9.97. The molecule has 6 heteroatoms. The Labute approximate surface area is 122 Å². The number of carbonyl (C=O) groups is 2.